The molecule has 0 radical (unpaired) electrons. The first kappa shape index (κ1) is 27.6. The Balaban J connectivity index is 1.30. The van der Waals surface area contributed by atoms with E-state index in [9.17, 15) is 4.79 Å². The van der Waals surface area contributed by atoms with Crippen LogP contribution in [0.15, 0.2) is 73.3 Å². The van der Waals surface area contributed by atoms with Crippen LogP contribution in [0.1, 0.15) is 15.9 Å². The second kappa shape index (κ2) is 16.6. The summed E-state index contributed by atoms with van der Waals surface area (Å²) in [7, 11) is 0. The molecular weight excluding hydrogens is 470 g/mol. The molecule has 4 N–H and O–H groups in total. The molecule has 196 valence electrons. The first-order chi connectivity index (χ1) is 18.2. The van der Waals surface area contributed by atoms with Crippen molar-refractivity contribution in [3.8, 4) is 0 Å². The van der Waals surface area contributed by atoms with Crippen molar-refractivity contribution in [1.29, 1.82) is 0 Å². The number of rotatable bonds is 18. The van der Waals surface area contributed by atoms with E-state index in [1.807, 2.05) is 36.4 Å². The number of nitrogens with one attached hydrogen (secondary N) is 4. The highest BCUT2D eigenvalue weighted by Gasteiger charge is 2.06. The molecule has 1 amide bonds. The van der Waals surface area contributed by atoms with E-state index >= 15 is 0 Å². The largest absolute Gasteiger partial charge is 0.377 e. The van der Waals surface area contributed by atoms with Gasteiger partial charge in [-0.05, 0) is 24.1 Å². The maximum atomic E-state index is 11.9. The van der Waals surface area contributed by atoms with E-state index in [4.69, 9.17) is 9.47 Å². The van der Waals surface area contributed by atoms with Gasteiger partial charge in [-0.25, -0.2) is 0 Å². The fourth-order valence-electron chi connectivity index (χ4n) is 3.23. The highest BCUT2D eigenvalue weighted by atomic mass is 16.5. The lowest BCUT2D eigenvalue weighted by Crippen LogP contribution is -2.27. The summed E-state index contributed by atoms with van der Waals surface area (Å²) in [4.78, 5) is 25.2. The number of benzene rings is 2. The Hall–Kier alpha value is -4.02. The fourth-order valence-corrected chi connectivity index (χ4v) is 3.23. The van der Waals surface area contributed by atoms with E-state index in [1.54, 1.807) is 18.2 Å². The topological polar surface area (TPSA) is 122 Å². The molecular formula is C27H35N7O3. The van der Waals surface area contributed by atoms with Crippen LogP contribution in [0.4, 0.5) is 17.8 Å². The Morgan fingerprint density at radius 2 is 1.30 bits per heavy atom. The maximum Gasteiger partial charge on any atom is 0.251 e. The van der Waals surface area contributed by atoms with Gasteiger partial charge in [0.25, 0.3) is 5.91 Å². The summed E-state index contributed by atoms with van der Waals surface area (Å²) in [6, 6.07) is 19.3. The summed E-state index contributed by atoms with van der Waals surface area (Å²) in [5.74, 6) is 1.31. The molecule has 1 aromatic heterocycles. The number of hydrogen-bond donors (Lipinski definition) is 4. The van der Waals surface area contributed by atoms with Crippen LogP contribution in [-0.2, 0) is 15.9 Å². The Bertz CT molecular complexity index is 1070. The molecule has 10 heteroatoms. The van der Waals surface area contributed by atoms with E-state index in [0.29, 0.717) is 76.0 Å². The predicted octanol–water partition coefficient (Wildman–Crippen LogP) is 3.00. The summed E-state index contributed by atoms with van der Waals surface area (Å²) >= 11 is 0. The molecule has 2 aromatic carbocycles. The molecule has 0 aliphatic heterocycles. The number of aromatic nitrogens is 3. The van der Waals surface area contributed by atoms with Gasteiger partial charge in [0.15, 0.2) is 0 Å². The summed E-state index contributed by atoms with van der Waals surface area (Å²) in [6.45, 7) is 7.71. The molecule has 0 saturated carbocycles. The van der Waals surface area contributed by atoms with Crippen molar-refractivity contribution in [2.45, 2.75) is 6.42 Å². The van der Waals surface area contributed by atoms with Gasteiger partial charge in [-0.15, -0.1) is 6.58 Å². The molecule has 37 heavy (non-hydrogen) atoms. The summed E-state index contributed by atoms with van der Waals surface area (Å²) < 4.78 is 11.1. The van der Waals surface area contributed by atoms with E-state index in [1.165, 1.54) is 5.56 Å². The molecule has 0 aliphatic rings. The second-order valence-electron chi connectivity index (χ2n) is 7.91. The van der Waals surface area contributed by atoms with Gasteiger partial charge in [0.1, 0.15) is 0 Å². The smallest absolute Gasteiger partial charge is 0.251 e. The van der Waals surface area contributed by atoms with Gasteiger partial charge < -0.3 is 30.7 Å². The van der Waals surface area contributed by atoms with Crippen LogP contribution in [0.2, 0.25) is 0 Å². The molecule has 1 heterocycles. The lowest BCUT2D eigenvalue weighted by Gasteiger charge is -2.11. The number of carbonyl (C=O) groups is 1. The molecule has 10 nitrogen and oxygen atoms in total. The van der Waals surface area contributed by atoms with Gasteiger partial charge in [-0.2, -0.15) is 15.0 Å². The van der Waals surface area contributed by atoms with E-state index < -0.39 is 0 Å². The van der Waals surface area contributed by atoms with Crippen molar-refractivity contribution >= 4 is 23.8 Å². The lowest BCUT2D eigenvalue weighted by molar-refractivity contribution is 0.0519. The standard InChI is InChI=1S/C27H35N7O3/c1-2-14-29-25-32-26(30-15-13-22-9-5-3-6-10-22)34-27(33-25)31-17-19-37-21-20-36-18-16-28-24(35)23-11-7-4-8-12-23/h2-12H,1,13-21H2,(H,28,35)(H3,29,30,31,32,33,34). The number of hydrogen-bond acceptors (Lipinski definition) is 9. The Morgan fingerprint density at radius 3 is 1.95 bits per heavy atom. The fraction of sp³-hybridized carbons (Fsp3) is 0.333. The van der Waals surface area contributed by atoms with E-state index in [2.05, 4.69) is 54.9 Å². The van der Waals surface area contributed by atoms with Gasteiger partial charge in [-0.1, -0.05) is 54.6 Å². The third-order valence-electron chi connectivity index (χ3n) is 5.05. The molecule has 0 saturated heterocycles. The summed E-state index contributed by atoms with van der Waals surface area (Å²) in [5, 5.41) is 12.3. The lowest BCUT2D eigenvalue weighted by atomic mass is 10.1. The van der Waals surface area contributed by atoms with E-state index in [-0.39, 0.29) is 5.91 Å². The molecule has 0 aliphatic carbocycles. The van der Waals surface area contributed by atoms with Crippen molar-refractivity contribution in [3.05, 3.63) is 84.4 Å². The normalized spacial score (nSPS) is 10.5. The van der Waals surface area contributed by atoms with Gasteiger partial charge >= 0.3 is 0 Å². The maximum absolute atomic E-state index is 11.9. The zero-order chi connectivity index (χ0) is 26.0. The highest BCUT2D eigenvalue weighted by Crippen LogP contribution is 2.10. The number of anilines is 3. The van der Waals surface area contributed by atoms with Crippen LogP contribution < -0.4 is 21.3 Å². The molecule has 0 unspecified atom stereocenters. The quantitative estimate of drug-likeness (QED) is 0.153. The summed E-state index contributed by atoms with van der Waals surface area (Å²) in [5.41, 5.74) is 1.88. The summed E-state index contributed by atoms with van der Waals surface area (Å²) in [6.07, 6.45) is 2.60. The van der Waals surface area contributed by atoms with Crippen molar-refractivity contribution in [3.63, 3.8) is 0 Å². The third kappa shape index (κ3) is 11.1. The van der Waals surface area contributed by atoms with Crippen molar-refractivity contribution in [2.24, 2.45) is 0 Å². The molecule has 3 rings (SSSR count). The zero-order valence-corrected chi connectivity index (χ0v) is 21.0. The SMILES string of the molecule is C=CCNc1nc(NCCOCCOCCNC(=O)c2ccccc2)nc(NCCc2ccccc2)n1. The second-order valence-corrected chi connectivity index (χ2v) is 7.91. The average Bonchev–Trinajstić information content (AvgIpc) is 2.94. The molecule has 0 spiro atoms. The zero-order valence-electron chi connectivity index (χ0n) is 21.0. The monoisotopic (exact) mass is 505 g/mol. The minimum Gasteiger partial charge on any atom is -0.377 e. The average molecular weight is 506 g/mol. The molecule has 3 aromatic rings. The molecule has 0 bridgehead atoms. The van der Waals surface area contributed by atoms with Crippen molar-refractivity contribution < 1.29 is 14.3 Å². The van der Waals surface area contributed by atoms with Crippen LogP contribution in [0, 0.1) is 0 Å². The first-order valence-corrected chi connectivity index (χ1v) is 12.4. The number of ether oxygens (including phenoxy) is 2. The molecule has 0 fully saturated rings. The van der Waals surface area contributed by atoms with Crippen molar-refractivity contribution in [1.82, 2.24) is 20.3 Å². The van der Waals surface area contributed by atoms with Gasteiger partial charge in [-0.3, -0.25) is 4.79 Å². The predicted molar refractivity (Wildman–Crippen MR) is 146 cm³/mol. The number of amides is 1. The number of nitrogens with zero attached hydrogens (tertiary/aromatic N) is 3. The Labute approximate surface area is 217 Å². The van der Waals surface area contributed by atoms with Crippen LogP contribution in [0.25, 0.3) is 0 Å². The van der Waals surface area contributed by atoms with Crippen LogP contribution in [0.5, 0.6) is 0 Å². The third-order valence-corrected chi connectivity index (χ3v) is 5.05. The van der Waals surface area contributed by atoms with Gasteiger partial charge in [0.2, 0.25) is 17.8 Å². The Morgan fingerprint density at radius 1 is 0.730 bits per heavy atom. The van der Waals surface area contributed by atoms with Gasteiger partial charge in [0, 0.05) is 31.7 Å². The van der Waals surface area contributed by atoms with E-state index in [0.717, 1.165) is 6.42 Å². The minimum atomic E-state index is -0.109. The molecule has 0 atom stereocenters. The van der Waals surface area contributed by atoms with Crippen molar-refractivity contribution in [2.75, 3.05) is 68.6 Å². The van der Waals surface area contributed by atoms with Crippen LogP contribution in [-0.4, -0.2) is 73.5 Å². The minimum absolute atomic E-state index is 0.109. The first-order valence-electron chi connectivity index (χ1n) is 12.4. The Kier molecular flexibility index (Phi) is 12.4. The highest BCUT2D eigenvalue weighted by molar-refractivity contribution is 5.94. The van der Waals surface area contributed by atoms with Crippen LogP contribution in [0.3, 0.4) is 0 Å². The van der Waals surface area contributed by atoms with Gasteiger partial charge in [0.05, 0.1) is 26.4 Å². The van der Waals surface area contributed by atoms with Crippen LogP contribution >= 0.6 is 0 Å². The number of carbonyl (C=O) groups excluding carboxylic acids is 1.